The Kier molecular flexibility index (Phi) is 5.57. The topological polar surface area (TPSA) is 52.9 Å². The van der Waals surface area contributed by atoms with Crippen LogP contribution in [0.4, 0.5) is 5.69 Å². The molecular formula is C14H16Br2N2O. The van der Waals surface area contributed by atoms with Crippen molar-refractivity contribution in [3.63, 3.8) is 0 Å². The summed E-state index contributed by atoms with van der Waals surface area (Å²) < 4.78 is 1.60. The molecule has 0 heterocycles. The highest BCUT2D eigenvalue weighted by Crippen LogP contribution is 2.35. The molecular weight excluding hydrogens is 372 g/mol. The fraction of sp³-hybridized carbons (Fsp3) is 0.429. The van der Waals surface area contributed by atoms with Crippen molar-refractivity contribution >= 4 is 43.5 Å². The van der Waals surface area contributed by atoms with Crippen LogP contribution in [0.1, 0.15) is 32.3 Å². The number of hydrogen-bond donors (Lipinski definition) is 1. The fourth-order valence-electron chi connectivity index (χ4n) is 1.83. The number of rotatable bonds is 4. The van der Waals surface area contributed by atoms with Crippen LogP contribution >= 0.6 is 31.9 Å². The van der Waals surface area contributed by atoms with Gasteiger partial charge in [-0.2, -0.15) is 5.26 Å². The lowest BCUT2D eigenvalue weighted by Crippen LogP contribution is -2.34. The Morgan fingerprint density at radius 1 is 1.32 bits per heavy atom. The van der Waals surface area contributed by atoms with Crippen molar-refractivity contribution in [2.45, 2.75) is 33.6 Å². The highest BCUT2D eigenvalue weighted by molar-refractivity contribution is 9.11. The van der Waals surface area contributed by atoms with Crippen LogP contribution in [0.3, 0.4) is 0 Å². The molecule has 0 bridgehead atoms. The van der Waals surface area contributed by atoms with Crippen LogP contribution in [-0.4, -0.2) is 5.91 Å². The average Bonchev–Trinajstić information content (AvgIpc) is 2.36. The van der Waals surface area contributed by atoms with Crippen LogP contribution in [0, 0.1) is 23.7 Å². The molecule has 0 unspecified atom stereocenters. The summed E-state index contributed by atoms with van der Waals surface area (Å²) in [4.78, 5) is 12.3. The SMILES string of the molecule is CCC(C#N)(CC)C(=O)Nc1c(Br)cc(C)cc1Br. The molecule has 0 saturated heterocycles. The second-order valence-electron chi connectivity index (χ2n) is 4.46. The Balaban J connectivity index is 3.11. The Morgan fingerprint density at radius 2 is 1.79 bits per heavy atom. The predicted molar refractivity (Wildman–Crippen MR) is 83.8 cm³/mol. The van der Waals surface area contributed by atoms with Gasteiger partial charge in [-0.3, -0.25) is 4.79 Å². The first-order valence-electron chi connectivity index (χ1n) is 6.08. The maximum Gasteiger partial charge on any atom is 0.244 e. The molecule has 0 radical (unpaired) electrons. The Hall–Kier alpha value is -0.860. The minimum Gasteiger partial charge on any atom is -0.323 e. The van der Waals surface area contributed by atoms with Crippen molar-refractivity contribution in [2.24, 2.45) is 5.41 Å². The first-order chi connectivity index (χ1) is 8.90. The van der Waals surface area contributed by atoms with Gasteiger partial charge in [0.05, 0.1) is 11.8 Å². The minimum absolute atomic E-state index is 0.259. The van der Waals surface area contributed by atoms with Gasteiger partial charge in [0.1, 0.15) is 5.41 Å². The average molecular weight is 388 g/mol. The molecule has 0 spiro atoms. The molecule has 5 heteroatoms. The summed E-state index contributed by atoms with van der Waals surface area (Å²) in [7, 11) is 0. The van der Waals surface area contributed by atoms with E-state index in [9.17, 15) is 10.1 Å². The number of carbonyl (C=O) groups excluding carboxylic acids is 1. The molecule has 0 fully saturated rings. The van der Waals surface area contributed by atoms with Crippen molar-refractivity contribution in [3.8, 4) is 6.07 Å². The van der Waals surface area contributed by atoms with Gasteiger partial charge in [-0.1, -0.05) is 13.8 Å². The predicted octanol–water partition coefficient (Wildman–Crippen LogP) is 4.79. The van der Waals surface area contributed by atoms with Crippen molar-refractivity contribution in [1.82, 2.24) is 0 Å². The van der Waals surface area contributed by atoms with E-state index >= 15 is 0 Å². The molecule has 0 aromatic heterocycles. The number of benzene rings is 1. The van der Waals surface area contributed by atoms with Crippen LogP contribution in [0.15, 0.2) is 21.1 Å². The standard InChI is InChI=1S/C14H16Br2N2O/c1-4-14(5-2,8-17)13(19)18-12-10(15)6-9(3)7-11(12)16/h6-7H,4-5H2,1-3H3,(H,18,19). The quantitative estimate of drug-likeness (QED) is 0.807. The molecule has 1 aromatic carbocycles. The molecule has 0 aliphatic heterocycles. The molecule has 1 N–H and O–H groups in total. The lowest BCUT2D eigenvalue weighted by Gasteiger charge is -2.23. The van der Waals surface area contributed by atoms with Crippen LogP contribution in [0.2, 0.25) is 0 Å². The van der Waals surface area contributed by atoms with Gasteiger partial charge in [0.25, 0.3) is 0 Å². The zero-order valence-electron chi connectivity index (χ0n) is 11.2. The molecule has 19 heavy (non-hydrogen) atoms. The summed E-state index contributed by atoms with van der Waals surface area (Å²) in [6.07, 6.45) is 0.986. The zero-order chi connectivity index (χ0) is 14.6. The zero-order valence-corrected chi connectivity index (χ0v) is 14.4. The maximum absolute atomic E-state index is 12.3. The van der Waals surface area contributed by atoms with E-state index < -0.39 is 5.41 Å². The maximum atomic E-state index is 12.3. The Morgan fingerprint density at radius 3 is 2.16 bits per heavy atom. The van der Waals surface area contributed by atoms with Crippen LogP contribution in [0.5, 0.6) is 0 Å². The fourth-order valence-corrected chi connectivity index (χ4v) is 3.45. The molecule has 1 amide bonds. The summed E-state index contributed by atoms with van der Waals surface area (Å²) in [5.41, 5.74) is 0.774. The van der Waals surface area contributed by atoms with Gasteiger partial charge in [0.2, 0.25) is 5.91 Å². The summed E-state index contributed by atoms with van der Waals surface area (Å²) >= 11 is 6.86. The normalized spacial score (nSPS) is 10.9. The number of nitrogens with zero attached hydrogens (tertiary/aromatic N) is 1. The van der Waals surface area contributed by atoms with Gasteiger partial charge in [-0.25, -0.2) is 0 Å². The number of nitriles is 1. The first kappa shape index (κ1) is 16.2. The second-order valence-corrected chi connectivity index (χ2v) is 6.17. The van der Waals surface area contributed by atoms with Gasteiger partial charge in [-0.15, -0.1) is 0 Å². The summed E-state index contributed by atoms with van der Waals surface area (Å²) in [6.45, 7) is 5.68. The van der Waals surface area contributed by atoms with E-state index in [2.05, 4.69) is 43.2 Å². The molecule has 102 valence electrons. The number of nitrogens with one attached hydrogen (secondary N) is 1. The molecule has 0 saturated carbocycles. The van der Waals surface area contributed by atoms with Crippen molar-refractivity contribution in [2.75, 3.05) is 5.32 Å². The number of carbonyl (C=O) groups is 1. The molecule has 0 atom stereocenters. The van der Waals surface area contributed by atoms with Crippen LogP contribution in [0.25, 0.3) is 0 Å². The van der Waals surface area contributed by atoms with Gasteiger partial charge >= 0.3 is 0 Å². The van der Waals surface area contributed by atoms with Gasteiger partial charge < -0.3 is 5.32 Å². The summed E-state index contributed by atoms with van der Waals surface area (Å²) in [5, 5.41) is 12.1. The third-order valence-corrected chi connectivity index (χ3v) is 4.53. The highest BCUT2D eigenvalue weighted by atomic mass is 79.9. The van der Waals surface area contributed by atoms with Crippen molar-refractivity contribution in [1.29, 1.82) is 5.26 Å². The van der Waals surface area contributed by atoms with Crippen molar-refractivity contribution < 1.29 is 4.79 Å². The van der Waals surface area contributed by atoms with E-state index in [0.717, 1.165) is 14.5 Å². The van der Waals surface area contributed by atoms with Gasteiger partial charge in [0.15, 0.2) is 0 Å². The van der Waals surface area contributed by atoms with E-state index in [1.165, 1.54) is 0 Å². The minimum atomic E-state index is -0.968. The Bertz CT molecular complexity index is 508. The number of hydrogen-bond acceptors (Lipinski definition) is 2. The number of amides is 1. The lowest BCUT2D eigenvalue weighted by molar-refractivity contribution is -0.123. The molecule has 0 aliphatic carbocycles. The van der Waals surface area contributed by atoms with Crippen LogP contribution in [-0.2, 0) is 4.79 Å². The monoisotopic (exact) mass is 386 g/mol. The Labute approximate surface area is 130 Å². The smallest absolute Gasteiger partial charge is 0.244 e. The number of halogens is 2. The van der Waals surface area contributed by atoms with E-state index in [0.29, 0.717) is 18.5 Å². The van der Waals surface area contributed by atoms with E-state index in [1.54, 1.807) is 0 Å². The van der Waals surface area contributed by atoms with E-state index in [-0.39, 0.29) is 5.91 Å². The van der Waals surface area contributed by atoms with Gasteiger partial charge in [-0.05, 0) is 69.3 Å². The number of aryl methyl sites for hydroxylation is 1. The third kappa shape index (κ3) is 3.37. The van der Waals surface area contributed by atoms with Crippen molar-refractivity contribution in [3.05, 3.63) is 26.6 Å². The molecule has 3 nitrogen and oxygen atoms in total. The van der Waals surface area contributed by atoms with Gasteiger partial charge in [0, 0.05) is 8.95 Å². The van der Waals surface area contributed by atoms with E-state index in [1.807, 2.05) is 32.9 Å². The molecule has 1 rings (SSSR count). The van der Waals surface area contributed by atoms with E-state index in [4.69, 9.17) is 0 Å². The molecule has 0 aliphatic rings. The largest absolute Gasteiger partial charge is 0.323 e. The summed E-state index contributed by atoms with van der Waals surface area (Å²) in [5.74, 6) is -0.259. The molecule has 1 aromatic rings. The first-order valence-corrected chi connectivity index (χ1v) is 7.67. The number of anilines is 1. The third-order valence-electron chi connectivity index (χ3n) is 3.28. The highest BCUT2D eigenvalue weighted by Gasteiger charge is 2.35. The second kappa shape index (κ2) is 6.53. The lowest BCUT2D eigenvalue weighted by atomic mass is 9.83. The summed E-state index contributed by atoms with van der Waals surface area (Å²) in [6, 6.07) is 5.99. The van der Waals surface area contributed by atoms with Crippen LogP contribution < -0.4 is 5.32 Å².